The van der Waals surface area contributed by atoms with Gasteiger partial charge in [0, 0.05) is 13.1 Å². The van der Waals surface area contributed by atoms with Crippen molar-refractivity contribution >= 4 is 17.6 Å². The summed E-state index contributed by atoms with van der Waals surface area (Å²) in [5.41, 5.74) is 1.08. The molecule has 1 fully saturated rings. The zero-order valence-electron chi connectivity index (χ0n) is 11.5. The second-order valence-corrected chi connectivity index (χ2v) is 5.02. The minimum Gasteiger partial charge on any atom is -0.490 e. The summed E-state index contributed by atoms with van der Waals surface area (Å²) in [6, 6.07) is 5.53. The van der Waals surface area contributed by atoms with Crippen molar-refractivity contribution in [3.05, 3.63) is 28.8 Å². The lowest BCUT2D eigenvalue weighted by Gasteiger charge is -2.26. The van der Waals surface area contributed by atoms with Gasteiger partial charge in [-0.1, -0.05) is 17.7 Å². The average molecular weight is 299 g/mol. The number of urea groups is 1. The molecule has 20 heavy (non-hydrogen) atoms. The summed E-state index contributed by atoms with van der Waals surface area (Å²) in [5.74, 6) is 0.646. The molecule has 0 radical (unpaired) electrons. The number of rotatable bonds is 4. The fourth-order valence-electron chi connectivity index (χ4n) is 1.92. The third-order valence-electron chi connectivity index (χ3n) is 3.02. The van der Waals surface area contributed by atoms with E-state index in [0.717, 1.165) is 5.56 Å². The van der Waals surface area contributed by atoms with Crippen molar-refractivity contribution in [1.29, 1.82) is 0 Å². The number of benzene rings is 1. The second kappa shape index (κ2) is 7.36. The molecule has 2 amide bonds. The standard InChI is InChI=1S/C14H19ClN2O3/c1-11-2-3-12(15)13(10-11)20-7-4-16-14(18)17-5-8-19-9-6-17/h2-3,10H,4-9H2,1H3,(H,16,18). The SMILES string of the molecule is Cc1ccc(Cl)c(OCCNC(=O)N2CCOCC2)c1. The van der Waals surface area contributed by atoms with E-state index in [1.807, 2.05) is 19.1 Å². The number of morpholine rings is 1. The minimum absolute atomic E-state index is 0.0766. The van der Waals surface area contributed by atoms with Crippen LogP contribution in [0.2, 0.25) is 5.02 Å². The number of halogens is 1. The molecular formula is C14H19ClN2O3. The Labute approximate surface area is 123 Å². The number of carbonyl (C=O) groups excluding carboxylic acids is 1. The van der Waals surface area contributed by atoms with Crippen LogP contribution in [0.4, 0.5) is 4.79 Å². The Morgan fingerprint density at radius 2 is 2.20 bits per heavy atom. The Morgan fingerprint density at radius 1 is 1.45 bits per heavy atom. The van der Waals surface area contributed by atoms with Crippen LogP contribution in [0.1, 0.15) is 5.56 Å². The molecule has 0 unspecified atom stereocenters. The topological polar surface area (TPSA) is 50.8 Å². The second-order valence-electron chi connectivity index (χ2n) is 4.61. The molecule has 1 saturated heterocycles. The molecule has 1 heterocycles. The van der Waals surface area contributed by atoms with Gasteiger partial charge in [-0.25, -0.2) is 4.79 Å². The summed E-state index contributed by atoms with van der Waals surface area (Å²) >= 11 is 6.02. The summed E-state index contributed by atoms with van der Waals surface area (Å²) in [7, 11) is 0. The summed E-state index contributed by atoms with van der Waals surface area (Å²) in [4.78, 5) is 13.5. The van der Waals surface area contributed by atoms with E-state index >= 15 is 0 Å². The first kappa shape index (κ1) is 14.9. The van der Waals surface area contributed by atoms with Crippen molar-refractivity contribution in [2.24, 2.45) is 0 Å². The van der Waals surface area contributed by atoms with Crippen LogP contribution in [0.25, 0.3) is 0 Å². The van der Waals surface area contributed by atoms with Gasteiger partial charge in [-0.3, -0.25) is 0 Å². The molecule has 1 aliphatic heterocycles. The lowest BCUT2D eigenvalue weighted by molar-refractivity contribution is 0.0530. The molecule has 0 atom stereocenters. The molecule has 5 nitrogen and oxygen atoms in total. The van der Waals surface area contributed by atoms with Gasteiger partial charge in [0.2, 0.25) is 0 Å². The number of nitrogens with one attached hydrogen (secondary N) is 1. The van der Waals surface area contributed by atoms with E-state index in [-0.39, 0.29) is 6.03 Å². The monoisotopic (exact) mass is 298 g/mol. The van der Waals surface area contributed by atoms with Crippen LogP contribution in [-0.4, -0.2) is 50.4 Å². The molecule has 110 valence electrons. The molecule has 2 rings (SSSR count). The number of amides is 2. The van der Waals surface area contributed by atoms with Gasteiger partial charge in [0.1, 0.15) is 12.4 Å². The fourth-order valence-corrected chi connectivity index (χ4v) is 2.09. The summed E-state index contributed by atoms with van der Waals surface area (Å²) in [5, 5.41) is 3.40. The van der Waals surface area contributed by atoms with E-state index in [2.05, 4.69) is 5.32 Å². The highest BCUT2D eigenvalue weighted by Crippen LogP contribution is 2.24. The van der Waals surface area contributed by atoms with E-state index in [1.54, 1.807) is 11.0 Å². The normalized spacial score (nSPS) is 15.0. The van der Waals surface area contributed by atoms with Crippen LogP contribution >= 0.6 is 11.6 Å². The average Bonchev–Trinajstić information content (AvgIpc) is 2.47. The van der Waals surface area contributed by atoms with Crippen LogP contribution in [0.5, 0.6) is 5.75 Å². The van der Waals surface area contributed by atoms with Crippen molar-refractivity contribution in [3.8, 4) is 5.75 Å². The van der Waals surface area contributed by atoms with Gasteiger partial charge in [0.05, 0.1) is 24.8 Å². The zero-order valence-corrected chi connectivity index (χ0v) is 12.3. The summed E-state index contributed by atoms with van der Waals surface area (Å²) < 4.78 is 10.8. The smallest absolute Gasteiger partial charge is 0.317 e. The van der Waals surface area contributed by atoms with Crippen molar-refractivity contribution < 1.29 is 14.3 Å². The van der Waals surface area contributed by atoms with Gasteiger partial charge < -0.3 is 19.7 Å². The number of ether oxygens (including phenoxy) is 2. The number of hydrogen-bond acceptors (Lipinski definition) is 3. The van der Waals surface area contributed by atoms with Crippen molar-refractivity contribution in [1.82, 2.24) is 10.2 Å². The van der Waals surface area contributed by atoms with E-state index < -0.39 is 0 Å². The Morgan fingerprint density at radius 3 is 2.95 bits per heavy atom. The Hall–Kier alpha value is -1.46. The van der Waals surface area contributed by atoms with Crippen LogP contribution in [-0.2, 0) is 4.74 Å². The molecule has 1 aromatic rings. The molecule has 6 heteroatoms. The summed E-state index contributed by atoms with van der Waals surface area (Å²) in [6.07, 6.45) is 0. The quantitative estimate of drug-likeness (QED) is 0.866. The van der Waals surface area contributed by atoms with Gasteiger partial charge in [-0.2, -0.15) is 0 Å². The van der Waals surface area contributed by atoms with Gasteiger partial charge in [0.15, 0.2) is 0 Å². The third kappa shape index (κ3) is 4.28. The third-order valence-corrected chi connectivity index (χ3v) is 3.33. The van der Waals surface area contributed by atoms with Crippen LogP contribution in [0, 0.1) is 6.92 Å². The first-order chi connectivity index (χ1) is 9.66. The largest absolute Gasteiger partial charge is 0.490 e. The highest BCUT2D eigenvalue weighted by Gasteiger charge is 2.15. The van der Waals surface area contributed by atoms with Crippen LogP contribution in [0.3, 0.4) is 0 Å². The van der Waals surface area contributed by atoms with Crippen molar-refractivity contribution in [2.75, 3.05) is 39.5 Å². The van der Waals surface area contributed by atoms with Crippen LogP contribution < -0.4 is 10.1 Å². The lowest BCUT2D eigenvalue weighted by atomic mass is 10.2. The highest BCUT2D eigenvalue weighted by molar-refractivity contribution is 6.32. The Bertz CT molecular complexity index is 462. The first-order valence-corrected chi connectivity index (χ1v) is 7.04. The summed E-state index contributed by atoms with van der Waals surface area (Å²) in [6.45, 7) is 5.28. The molecule has 1 N–H and O–H groups in total. The molecule has 0 aliphatic carbocycles. The van der Waals surface area contributed by atoms with Gasteiger partial charge >= 0.3 is 6.03 Å². The van der Waals surface area contributed by atoms with E-state index in [0.29, 0.717) is 50.2 Å². The van der Waals surface area contributed by atoms with Crippen molar-refractivity contribution in [3.63, 3.8) is 0 Å². The van der Waals surface area contributed by atoms with Crippen molar-refractivity contribution in [2.45, 2.75) is 6.92 Å². The molecule has 1 aliphatic rings. The Kier molecular flexibility index (Phi) is 5.49. The predicted octanol–water partition coefficient (Wildman–Crippen LogP) is 2.07. The molecule has 1 aromatic carbocycles. The number of hydrogen-bond donors (Lipinski definition) is 1. The maximum Gasteiger partial charge on any atom is 0.317 e. The maximum atomic E-state index is 11.8. The molecule has 0 spiro atoms. The molecule has 0 saturated carbocycles. The molecular weight excluding hydrogens is 280 g/mol. The predicted molar refractivity (Wildman–Crippen MR) is 77.5 cm³/mol. The van der Waals surface area contributed by atoms with Gasteiger partial charge in [0.25, 0.3) is 0 Å². The zero-order chi connectivity index (χ0) is 14.4. The maximum absolute atomic E-state index is 11.8. The van der Waals surface area contributed by atoms with E-state index in [1.165, 1.54) is 0 Å². The first-order valence-electron chi connectivity index (χ1n) is 6.66. The highest BCUT2D eigenvalue weighted by atomic mass is 35.5. The minimum atomic E-state index is -0.0766. The number of aryl methyl sites for hydroxylation is 1. The number of carbonyl (C=O) groups is 1. The van der Waals surface area contributed by atoms with Gasteiger partial charge in [-0.15, -0.1) is 0 Å². The van der Waals surface area contributed by atoms with Crippen LogP contribution in [0.15, 0.2) is 18.2 Å². The molecule has 0 bridgehead atoms. The lowest BCUT2D eigenvalue weighted by Crippen LogP contribution is -2.47. The Balaban J connectivity index is 1.70. The van der Waals surface area contributed by atoms with Gasteiger partial charge in [-0.05, 0) is 24.6 Å². The van der Waals surface area contributed by atoms with E-state index in [4.69, 9.17) is 21.1 Å². The van der Waals surface area contributed by atoms with E-state index in [9.17, 15) is 4.79 Å². The fraction of sp³-hybridized carbons (Fsp3) is 0.500. The number of nitrogens with zero attached hydrogens (tertiary/aromatic N) is 1. The molecule has 0 aromatic heterocycles.